The summed E-state index contributed by atoms with van der Waals surface area (Å²) >= 11 is 4.66. The number of thioether (sulfide) groups is 1. The van der Waals surface area contributed by atoms with Gasteiger partial charge in [-0.3, -0.25) is 4.79 Å². The summed E-state index contributed by atoms with van der Waals surface area (Å²) in [7, 11) is -1.36. The second kappa shape index (κ2) is 8.93. The standard InChI is InChI=1S/C17H22BrN5O3S2/c1-22-16(12-4-3-9-23(10-12)28(2,25)26)20-21-17(22)27-11-15(24)19-14-7-5-13(18)6-8-14/h5-8,12H,3-4,9-11H2,1-2H3,(H,19,24)/t12-/m1/s1. The molecule has 2 heterocycles. The van der Waals surface area contributed by atoms with E-state index < -0.39 is 10.0 Å². The molecule has 3 rings (SSSR count). The Labute approximate surface area is 177 Å². The van der Waals surface area contributed by atoms with Crippen molar-refractivity contribution in [1.82, 2.24) is 19.1 Å². The molecule has 1 aromatic heterocycles. The molecule has 0 saturated carbocycles. The molecular formula is C17H22BrN5O3S2. The summed E-state index contributed by atoms with van der Waals surface area (Å²) < 4.78 is 28.0. The lowest BCUT2D eigenvalue weighted by molar-refractivity contribution is -0.113. The molecule has 0 spiro atoms. The summed E-state index contributed by atoms with van der Waals surface area (Å²) in [4.78, 5) is 12.2. The first-order valence-corrected chi connectivity index (χ1v) is 12.4. The van der Waals surface area contributed by atoms with Crippen LogP contribution in [0, 0.1) is 0 Å². The van der Waals surface area contributed by atoms with E-state index in [1.165, 1.54) is 22.3 Å². The molecule has 152 valence electrons. The fourth-order valence-corrected chi connectivity index (χ4v) is 5.02. The third kappa shape index (κ3) is 5.34. The number of nitrogens with one attached hydrogen (secondary N) is 1. The van der Waals surface area contributed by atoms with E-state index in [9.17, 15) is 13.2 Å². The fraction of sp³-hybridized carbons (Fsp3) is 0.471. The first kappa shape index (κ1) is 21.3. The minimum atomic E-state index is -3.21. The van der Waals surface area contributed by atoms with Crippen molar-refractivity contribution in [3.05, 3.63) is 34.6 Å². The molecule has 0 unspecified atom stereocenters. The Bertz CT molecular complexity index is 946. The van der Waals surface area contributed by atoms with Crippen molar-refractivity contribution in [2.24, 2.45) is 7.05 Å². The number of carbonyl (C=O) groups is 1. The first-order chi connectivity index (χ1) is 13.2. The highest BCUT2D eigenvalue weighted by molar-refractivity contribution is 9.10. The Hall–Kier alpha value is -1.43. The maximum Gasteiger partial charge on any atom is 0.234 e. The van der Waals surface area contributed by atoms with Gasteiger partial charge in [-0.2, -0.15) is 0 Å². The topological polar surface area (TPSA) is 97.2 Å². The highest BCUT2D eigenvalue weighted by atomic mass is 79.9. The van der Waals surface area contributed by atoms with E-state index in [0.29, 0.717) is 18.2 Å². The lowest BCUT2D eigenvalue weighted by atomic mass is 9.99. The summed E-state index contributed by atoms with van der Waals surface area (Å²) in [5.41, 5.74) is 0.732. The van der Waals surface area contributed by atoms with Gasteiger partial charge >= 0.3 is 0 Å². The molecule has 0 bridgehead atoms. The average molecular weight is 488 g/mol. The number of aromatic nitrogens is 3. The molecule has 0 aliphatic carbocycles. The molecule has 1 aliphatic rings. The van der Waals surface area contributed by atoms with Crippen LogP contribution in [0.5, 0.6) is 0 Å². The van der Waals surface area contributed by atoms with Crippen molar-refractivity contribution in [2.75, 3.05) is 30.4 Å². The monoisotopic (exact) mass is 487 g/mol. The van der Waals surface area contributed by atoms with Gasteiger partial charge in [0.2, 0.25) is 15.9 Å². The molecule has 1 atom stereocenters. The van der Waals surface area contributed by atoms with Crippen molar-refractivity contribution in [2.45, 2.75) is 23.9 Å². The molecule has 8 nitrogen and oxygen atoms in total. The van der Waals surface area contributed by atoms with Crippen LogP contribution >= 0.6 is 27.7 Å². The quantitative estimate of drug-likeness (QED) is 0.628. The van der Waals surface area contributed by atoms with Gasteiger partial charge < -0.3 is 9.88 Å². The Balaban J connectivity index is 1.60. The van der Waals surface area contributed by atoms with Crippen molar-refractivity contribution < 1.29 is 13.2 Å². The van der Waals surface area contributed by atoms with Crippen LogP contribution in [0.3, 0.4) is 0 Å². The van der Waals surface area contributed by atoms with Crippen LogP contribution in [0.15, 0.2) is 33.9 Å². The van der Waals surface area contributed by atoms with Crippen LogP contribution in [0.1, 0.15) is 24.6 Å². The number of rotatable bonds is 6. The zero-order chi connectivity index (χ0) is 20.3. The Morgan fingerprint density at radius 2 is 2.04 bits per heavy atom. The molecule has 28 heavy (non-hydrogen) atoms. The first-order valence-electron chi connectivity index (χ1n) is 8.76. The molecule has 1 aliphatic heterocycles. The van der Waals surface area contributed by atoms with Crippen molar-refractivity contribution in [1.29, 1.82) is 0 Å². The number of amides is 1. The molecule has 1 fully saturated rings. The second-order valence-electron chi connectivity index (χ2n) is 6.70. The van der Waals surface area contributed by atoms with Crippen molar-refractivity contribution >= 4 is 49.3 Å². The fourth-order valence-electron chi connectivity index (χ4n) is 3.12. The molecule has 0 radical (unpaired) electrons. The van der Waals surface area contributed by atoms with Gasteiger partial charge in [0.1, 0.15) is 5.82 Å². The Morgan fingerprint density at radius 1 is 1.32 bits per heavy atom. The number of benzene rings is 1. The predicted octanol–water partition coefficient (Wildman–Crippen LogP) is 2.45. The molecule has 1 N–H and O–H groups in total. The largest absolute Gasteiger partial charge is 0.325 e. The van der Waals surface area contributed by atoms with Crippen molar-refractivity contribution in [3.63, 3.8) is 0 Å². The molecule has 1 amide bonds. The maximum absolute atomic E-state index is 12.2. The van der Waals surface area contributed by atoms with Gasteiger partial charge in [-0.1, -0.05) is 27.7 Å². The van der Waals surface area contributed by atoms with Gasteiger partial charge in [-0.15, -0.1) is 10.2 Å². The highest BCUT2D eigenvalue weighted by Gasteiger charge is 2.30. The van der Waals surface area contributed by atoms with Crippen LogP contribution in [-0.4, -0.2) is 58.5 Å². The molecule has 2 aromatic rings. The number of hydrogen-bond donors (Lipinski definition) is 1. The summed E-state index contributed by atoms with van der Waals surface area (Å²) in [6.45, 7) is 0.963. The zero-order valence-corrected chi connectivity index (χ0v) is 18.8. The van der Waals surface area contributed by atoms with E-state index in [1.807, 2.05) is 35.9 Å². The van der Waals surface area contributed by atoms with E-state index in [2.05, 4.69) is 31.4 Å². The van der Waals surface area contributed by atoms with E-state index in [0.717, 1.165) is 28.8 Å². The number of carbonyl (C=O) groups excluding carboxylic acids is 1. The average Bonchev–Trinajstić information content (AvgIpc) is 3.02. The SMILES string of the molecule is Cn1c(SCC(=O)Nc2ccc(Br)cc2)nnc1[C@@H]1CCCN(S(C)(=O)=O)C1. The lowest BCUT2D eigenvalue weighted by Crippen LogP contribution is -2.39. The van der Waals surface area contributed by atoms with E-state index in [4.69, 9.17) is 0 Å². The van der Waals surface area contributed by atoms with Crippen LogP contribution in [-0.2, 0) is 21.9 Å². The van der Waals surface area contributed by atoms with Gasteiger partial charge in [0, 0.05) is 36.2 Å². The minimum Gasteiger partial charge on any atom is -0.325 e. The van der Waals surface area contributed by atoms with Gasteiger partial charge in [0.25, 0.3) is 0 Å². The number of piperidine rings is 1. The summed E-state index contributed by atoms with van der Waals surface area (Å²) in [6, 6.07) is 7.37. The minimum absolute atomic E-state index is 0.00640. The maximum atomic E-state index is 12.2. The van der Waals surface area contributed by atoms with Crippen LogP contribution in [0.25, 0.3) is 0 Å². The molecule has 1 saturated heterocycles. The molecule has 11 heteroatoms. The summed E-state index contributed by atoms with van der Waals surface area (Å²) in [5, 5.41) is 11.9. The van der Waals surface area contributed by atoms with Gasteiger partial charge in [0.05, 0.1) is 12.0 Å². The van der Waals surface area contributed by atoms with E-state index in [-0.39, 0.29) is 17.6 Å². The highest BCUT2D eigenvalue weighted by Crippen LogP contribution is 2.28. The number of nitrogens with zero attached hydrogens (tertiary/aromatic N) is 4. The van der Waals surface area contributed by atoms with Crippen molar-refractivity contribution in [3.8, 4) is 0 Å². The van der Waals surface area contributed by atoms with E-state index in [1.54, 1.807) is 0 Å². The molecule has 1 aromatic carbocycles. The van der Waals surface area contributed by atoms with Crippen LogP contribution < -0.4 is 5.32 Å². The summed E-state index contributed by atoms with van der Waals surface area (Å²) in [6.07, 6.45) is 2.90. The zero-order valence-electron chi connectivity index (χ0n) is 15.6. The van der Waals surface area contributed by atoms with Crippen LogP contribution in [0.2, 0.25) is 0 Å². The Morgan fingerprint density at radius 3 is 2.71 bits per heavy atom. The van der Waals surface area contributed by atoms with Gasteiger partial charge in [0.15, 0.2) is 5.16 Å². The lowest BCUT2D eigenvalue weighted by Gasteiger charge is -2.30. The summed E-state index contributed by atoms with van der Waals surface area (Å²) in [5.74, 6) is 0.844. The number of hydrogen-bond acceptors (Lipinski definition) is 6. The predicted molar refractivity (Wildman–Crippen MR) is 113 cm³/mol. The number of anilines is 1. The van der Waals surface area contributed by atoms with Gasteiger partial charge in [-0.25, -0.2) is 12.7 Å². The van der Waals surface area contributed by atoms with Gasteiger partial charge in [-0.05, 0) is 37.1 Å². The second-order valence-corrected chi connectivity index (χ2v) is 10.5. The smallest absolute Gasteiger partial charge is 0.234 e. The van der Waals surface area contributed by atoms with Crippen LogP contribution in [0.4, 0.5) is 5.69 Å². The normalized spacial score (nSPS) is 18.2. The third-order valence-corrected chi connectivity index (χ3v) is 7.37. The molecular weight excluding hydrogens is 466 g/mol. The number of halogens is 1. The number of sulfonamides is 1. The third-order valence-electron chi connectivity index (χ3n) is 4.55. The Kier molecular flexibility index (Phi) is 6.79. The van der Waals surface area contributed by atoms with E-state index >= 15 is 0 Å².